The van der Waals surface area contributed by atoms with E-state index < -0.39 is 5.97 Å². The molecule has 0 aliphatic rings. The molecule has 4 rings (SSSR count). The van der Waals surface area contributed by atoms with Crippen LogP contribution in [0.4, 0.5) is 17.1 Å². The number of para-hydroxylation sites is 3. The van der Waals surface area contributed by atoms with Gasteiger partial charge in [-0.3, -0.25) is 9.59 Å². The number of amides is 1. The number of hydrogen-bond acceptors (Lipinski definition) is 5. The molecule has 0 saturated heterocycles. The molecule has 0 aromatic heterocycles. The van der Waals surface area contributed by atoms with Crippen molar-refractivity contribution >= 4 is 28.9 Å². The number of ether oxygens (including phenoxy) is 1. The van der Waals surface area contributed by atoms with Crippen molar-refractivity contribution in [3.05, 3.63) is 119 Å². The SMILES string of the molecule is CCCc1ccc(CNc2cccc(C(=O)Nc3ccccc3OCCCC(=O)O)c2NCc2ccc(CCC)cc2)cc1. The Bertz CT molecular complexity index is 1500. The Morgan fingerprint density at radius 2 is 1.25 bits per heavy atom. The number of benzene rings is 4. The highest BCUT2D eigenvalue weighted by Gasteiger charge is 2.17. The number of carbonyl (C=O) groups excluding carboxylic acids is 1. The number of hydrogen-bond donors (Lipinski definition) is 4. The second-order valence-corrected chi connectivity index (χ2v) is 10.9. The minimum absolute atomic E-state index is 0.0214. The number of rotatable bonds is 17. The van der Waals surface area contributed by atoms with Gasteiger partial charge in [-0.25, -0.2) is 0 Å². The molecular weight excluding hydrogens is 550 g/mol. The average Bonchev–Trinajstić information content (AvgIpc) is 3.03. The number of carboxylic acids is 1. The van der Waals surface area contributed by atoms with Gasteiger partial charge in [-0.2, -0.15) is 0 Å². The van der Waals surface area contributed by atoms with E-state index in [1.807, 2.05) is 30.3 Å². The quantitative estimate of drug-likeness (QED) is 0.0919. The molecular formula is C37H43N3O4. The third-order valence-electron chi connectivity index (χ3n) is 7.31. The summed E-state index contributed by atoms with van der Waals surface area (Å²) in [5.74, 6) is -0.650. The summed E-state index contributed by atoms with van der Waals surface area (Å²) < 4.78 is 5.82. The molecule has 0 aliphatic carbocycles. The molecule has 0 saturated carbocycles. The fourth-order valence-corrected chi connectivity index (χ4v) is 4.98. The third-order valence-corrected chi connectivity index (χ3v) is 7.31. The summed E-state index contributed by atoms with van der Waals surface area (Å²) in [7, 11) is 0. The summed E-state index contributed by atoms with van der Waals surface area (Å²) in [6, 6.07) is 30.1. The zero-order valence-corrected chi connectivity index (χ0v) is 25.7. The predicted molar refractivity (Wildman–Crippen MR) is 179 cm³/mol. The van der Waals surface area contributed by atoms with Crippen LogP contribution in [-0.4, -0.2) is 23.6 Å². The maximum Gasteiger partial charge on any atom is 0.303 e. The Morgan fingerprint density at radius 1 is 0.682 bits per heavy atom. The zero-order chi connectivity index (χ0) is 31.1. The summed E-state index contributed by atoms with van der Waals surface area (Å²) in [4.78, 5) is 24.6. The normalized spacial score (nSPS) is 10.7. The van der Waals surface area contributed by atoms with E-state index in [1.165, 1.54) is 11.1 Å². The molecule has 7 nitrogen and oxygen atoms in total. The molecule has 0 aliphatic heterocycles. The topological polar surface area (TPSA) is 99.7 Å². The van der Waals surface area contributed by atoms with Gasteiger partial charge in [0.25, 0.3) is 5.91 Å². The Labute approximate surface area is 260 Å². The standard InChI is InChI=1S/C37H43N3O4/c1-3-9-27-16-20-29(21-17-27)25-38-33-13-7-11-31(36(33)39-26-30-22-18-28(10-4-2)19-23-30)37(43)40-32-12-5-6-14-34(32)44-24-8-15-35(41)42/h5-7,11-14,16-23,38-39H,3-4,8-10,15,24-26H2,1-2H3,(H,40,43)(H,41,42). The van der Waals surface area contributed by atoms with E-state index in [0.29, 0.717) is 42.2 Å². The van der Waals surface area contributed by atoms with Gasteiger partial charge in [0.1, 0.15) is 5.75 Å². The maximum absolute atomic E-state index is 13.7. The molecule has 4 aromatic rings. The van der Waals surface area contributed by atoms with E-state index >= 15 is 0 Å². The van der Waals surface area contributed by atoms with E-state index in [1.54, 1.807) is 12.1 Å². The van der Waals surface area contributed by atoms with Crippen molar-refractivity contribution < 1.29 is 19.4 Å². The van der Waals surface area contributed by atoms with Crippen LogP contribution in [0, 0.1) is 0 Å². The Kier molecular flexibility index (Phi) is 12.2. The summed E-state index contributed by atoms with van der Waals surface area (Å²) in [5, 5.41) is 19.0. The highest BCUT2D eigenvalue weighted by atomic mass is 16.5. The van der Waals surface area contributed by atoms with Gasteiger partial charge < -0.3 is 25.8 Å². The number of carbonyl (C=O) groups is 2. The van der Waals surface area contributed by atoms with Crippen molar-refractivity contribution in [2.75, 3.05) is 22.6 Å². The Morgan fingerprint density at radius 3 is 1.86 bits per heavy atom. The molecule has 0 unspecified atom stereocenters. The number of anilines is 3. The highest BCUT2D eigenvalue weighted by molar-refractivity contribution is 6.10. The van der Waals surface area contributed by atoms with Gasteiger partial charge in [-0.15, -0.1) is 0 Å². The van der Waals surface area contributed by atoms with Crippen LogP contribution in [0.3, 0.4) is 0 Å². The van der Waals surface area contributed by atoms with Gasteiger partial charge in [0.15, 0.2) is 0 Å². The first-order chi connectivity index (χ1) is 21.5. The van der Waals surface area contributed by atoms with Crippen LogP contribution < -0.4 is 20.7 Å². The first-order valence-corrected chi connectivity index (χ1v) is 15.5. The van der Waals surface area contributed by atoms with E-state index in [-0.39, 0.29) is 18.9 Å². The highest BCUT2D eigenvalue weighted by Crippen LogP contribution is 2.30. The van der Waals surface area contributed by atoms with Crippen molar-refractivity contribution in [3.63, 3.8) is 0 Å². The molecule has 0 spiro atoms. The fourth-order valence-electron chi connectivity index (χ4n) is 4.98. The van der Waals surface area contributed by atoms with E-state index in [9.17, 15) is 9.59 Å². The maximum atomic E-state index is 13.7. The van der Waals surface area contributed by atoms with Crippen molar-refractivity contribution in [3.8, 4) is 5.75 Å². The molecule has 1 amide bonds. The number of nitrogens with one attached hydrogen (secondary N) is 3. The van der Waals surface area contributed by atoms with Crippen LogP contribution in [0.1, 0.15) is 72.1 Å². The Hall–Kier alpha value is -4.78. The molecule has 44 heavy (non-hydrogen) atoms. The lowest BCUT2D eigenvalue weighted by molar-refractivity contribution is -0.137. The lowest BCUT2D eigenvalue weighted by atomic mass is 10.1. The average molecular weight is 594 g/mol. The van der Waals surface area contributed by atoms with Crippen molar-refractivity contribution in [1.29, 1.82) is 0 Å². The number of aryl methyl sites for hydroxylation is 2. The third kappa shape index (κ3) is 9.63. The van der Waals surface area contributed by atoms with Gasteiger partial charge in [0.2, 0.25) is 0 Å². The molecule has 0 bridgehead atoms. The zero-order valence-electron chi connectivity index (χ0n) is 25.7. The van der Waals surface area contributed by atoms with Crippen molar-refractivity contribution in [2.45, 2.75) is 65.5 Å². The summed E-state index contributed by atoms with van der Waals surface area (Å²) in [6.07, 6.45) is 4.73. The molecule has 230 valence electrons. The number of carboxylic acid groups (broad SMARTS) is 1. The minimum Gasteiger partial charge on any atom is -0.491 e. The van der Waals surface area contributed by atoms with Crippen LogP contribution in [0.15, 0.2) is 91.0 Å². The lowest BCUT2D eigenvalue weighted by Crippen LogP contribution is -2.17. The largest absolute Gasteiger partial charge is 0.491 e. The second kappa shape index (κ2) is 16.8. The molecule has 7 heteroatoms. The predicted octanol–water partition coefficient (Wildman–Crippen LogP) is 8.31. The van der Waals surface area contributed by atoms with Gasteiger partial charge in [0, 0.05) is 19.5 Å². The Balaban J connectivity index is 1.55. The van der Waals surface area contributed by atoms with E-state index in [2.05, 4.69) is 78.3 Å². The van der Waals surface area contributed by atoms with E-state index in [0.717, 1.165) is 42.5 Å². The minimum atomic E-state index is -0.867. The number of aliphatic carboxylic acids is 1. The fraction of sp³-hybridized carbons (Fsp3) is 0.297. The summed E-state index contributed by atoms with van der Waals surface area (Å²) in [5.41, 5.74) is 7.48. The van der Waals surface area contributed by atoms with Crippen LogP contribution >= 0.6 is 0 Å². The molecule has 0 radical (unpaired) electrons. The first-order valence-electron chi connectivity index (χ1n) is 15.5. The van der Waals surface area contributed by atoms with E-state index in [4.69, 9.17) is 9.84 Å². The molecule has 4 aromatic carbocycles. The molecule has 4 N–H and O–H groups in total. The lowest BCUT2D eigenvalue weighted by Gasteiger charge is -2.19. The monoisotopic (exact) mass is 593 g/mol. The first kappa shape index (κ1) is 32.1. The van der Waals surface area contributed by atoms with Crippen molar-refractivity contribution in [1.82, 2.24) is 0 Å². The van der Waals surface area contributed by atoms with Crippen molar-refractivity contribution in [2.24, 2.45) is 0 Å². The van der Waals surface area contributed by atoms with Gasteiger partial charge in [-0.05, 0) is 65.8 Å². The van der Waals surface area contributed by atoms with Crippen LogP contribution in [0.2, 0.25) is 0 Å². The summed E-state index contributed by atoms with van der Waals surface area (Å²) >= 11 is 0. The molecule has 0 fully saturated rings. The van der Waals surface area contributed by atoms with Gasteiger partial charge in [-0.1, -0.05) is 93.4 Å². The van der Waals surface area contributed by atoms with Crippen LogP contribution in [0.5, 0.6) is 5.75 Å². The smallest absolute Gasteiger partial charge is 0.303 e. The molecule has 0 heterocycles. The van der Waals surface area contributed by atoms with Crippen LogP contribution in [0.25, 0.3) is 0 Å². The van der Waals surface area contributed by atoms with Gasteiger partial charge >= 0.3 is 5.97 Å². The molecule has 0 atom stereocenters. The second-order valence-electron chi connectivity index (χ2n) is 10.9. The van der Waals surface area contributed by atoms with Crippen LogP contribution in [-0.2, 0) is 30.7 Å². The summed E-state index contributed by atoms with van der Waals surface area (Å²) in [6.45, 7) is 5.77. The van der Waals surface area contributed by atoms with Gasteiger partial charge in [0.05, 0.1) is 29.2 Å².